The van der Waals surface area contributed by atoms with Gasteiger partial charge in [-0.05, 0) is 31.0 Å². The lowest BCUT2D eigenvalue weighted by Gasteiger charge is -2.33. The highest BCUT2D eigenvalue weighted by atomic mass is 32.2. The van der Waals surface area contributed by atoms with Crippen LogP contribution < -0.4 is 10.4 Å². The number of fused-ring (bicyclic) bond motifs is 1. The van der Waals surface area contributed by atoms with Gasteiger partial charge in [0.2, 0.25) is 5.91 Å². The van der Waals surface area contributed by atoms with E-state index in [0.29, 0.717) is 12.1 Å². The second kappa shape index (κ2) is 7.07. The van der Waals surface area contributed by atoms with Crippen LogP contribution in [0, 0.1) is 6.92 Å². The SMILES string of the molecule is Cc1ccc(CC2Sc3ccccc3N(CC(=O)NO)C2=O)cc1. The zero-order valence-electron chi connectivity index (χ0n) is 13.2. The fourth-order valence-corrected chi connectivity index (χ4v) is 3.95. The molecule has 0 aromatic heterocycles. The molecule has 0 fully saturated rings. The van der Waals surface area contributed by atoms with Crippen LogP contribution in [0.15, 0.2) is 53.4 Å². The summed E-state index contributed by atoms with van der Waals surface area (Å²) in [6, 6.07) is 15.6. The van der Waals surface area contributed by atoms with E-state index in [2.05, 4.69) is 0 Å². The Bertz CT molecular complexity index is 761. The van der Waals surface area contributed by atoms with Gasteiger partial charge in [0.1, 0.15) is 6.54 Å². The number of benzene rings is 2. The van der Waals surface area contributed by atoms with Crippen LogP contribution in [0.2, 0.25) is 0 Å². The molecule has 5 nitrogen and oxygen atoms in total. The number of hydrogen-bond acceptors (Lipinski definition) is 4. The van der Waals surface area contributed by atoms with Crippen LogP contribution in [-0.2, 0) is 16.0 Å². The molecule has 2 N–H and O–H groups in total. The molecule has 0 spiro atoms. The van der Waals surface area contributed by atoms with Crippen molar-refractivity contribution in [3.63, 3.8) is 0 Å². The van der Waals surface area contributed by atoms with Crippen molar-refractivity contribution < 1.29 is 14.8 Å². The van der Waals surface area contributed by atoms with E-state index in [1.807, 2.05) is 55.5 Å². The minimum atomic E-state index is -0.612. The molecular formula is C18H18N2O3S. The van der Waals surface area contributed by atoms with Crippen LogP contribution in [0.25, 0.3) is 0 Å². The van der Waals surface area contributed by atoms with Gasteiger partial charge in [0.05, 0.1) is 10.9 Å². The molecule has 124 valence electrons. The van der Waals surface area contributed by atoms with Gasteiger partial charge >= 0.3 is 0 Å². The third-order valence-electron chi connectivity index (χ3n) is 3.93. The largest absolute Gasteiger partial charge is 0.301 e. The topological polar surface area (TPSA) is 69.6 Å². The monoisotopic (exact) mass is 342 g/mol. The Balaban J connectivity index is 1.88. The second-order valence-electron chi connectivity index (χ2n) is 5.72. The predicted octanol–water partition coefficient (Wildman–Crippen LogP) is 2.55. The number of nitrogens with zero attached hydrogens (tertiary/aromatic N) is 1. The first-order chi connectivity index (χ1) is 11.6. The van der Waals surface area contributed by atoms with Gasteiger partial charge in [0.15, 0.2) is 0 Å². The van der Waals surface area contributed by atoms with Crippen LogP contribution in [0.1, 0.15) is 11.1 Å². The summed E-state index contributed by atoms with van der Waals surface area (Å²) in [6.07, 6.45) is 0.593. The van der Waals surface area contributed by atoms with Gasteiger partial charge < -0.3 is 4.90 Å². The normalized spacial score (nSPS) is 16.7. The summed E-state index contributed by atoms with van der Waals surface area (Å²) < 4.78 is 0. The molecule has 24 heavy (non-hydrogen) atoms. The van der Waals surface area contributed by atoms with Gasteiger partial charge in [0.25, 0.3) is 5.91 Å². The van der Waals surface area contributed by atoms with Gasteiger partial charge in [-0.1, -0.05) is 42.0 Å². The lowest BCUT2D eigenvalue weighted by molar-refractivity contribution is -0.129. The van der Waals surface area contributed by atoms with E-state index < -0.39 is 5.91 Å². The maximum absolute atomic E-state index is 12.9. The quantitative estimate of drug-likeness (QED) is 0.662. The number of amides is 2. The number of nitrogens with one attached hydrogen (secondary N) is 1. The van der Waals surface area contributed by atoms with Crippen LogP contribution in [0.3, 0.4) is 0 Å². The van der Waals surface area contributed by atoms with Crippen LogP contribution in [0.5, 0.6) is 0 Å². The first-order valence-corrected chi connectivity index (χ1v) is 8.52. The summed E-state index contributed by atoms with van der Waals surface area (Å²) in [5.41, 5.74) is 4.55. The first kappa shape index (κ1) is 16.5. The molecule has 2 aromatic carbocycles. The summed E-state index contributed by atoms with van der Waals surface area (Å²) in [4.78, 5) is 26.8. The molecule has 2 amide bonds. The molecule has 1 aliphatic heterocycles. The Labute approximate surface area is 144 Å². The molecule has 1 aliphatic rings. The highest BCUT2D eigenvalue weighted by molar-refractivity contribution is 8.01. The molecule has 0 bridgehead atoms. The van der Waals surface area contributed by atoms with E-state index in [-0.39, 0.29) is 17.7 Å². The minimum Gasteiger partial charge on any atom is -0.301 e. The van der Waals surface area contributed by atoms with E-state index >= 15 is 0 Å². The molecule has 0 radical (unpaired) electrons. The van der Waals surface area contributed by atoms with E-state index in [0.717, 1.165) is 10.5 Å². The van der Waals surface area contributed by atoms with Gasteiger partial charge in [0, 0.05) is 4.90 Å². The molecule has 0 saturated heterocycles. The van der Waals surface area contributed by atoms with Gasteiger partial charge in [-0.25, -0.2) is 5.48 Å². The Hall–Kier alpha value is -2.31. The number of para-hydroxylation sites is 1. The lowest BCUT2D eigenvalue weighted by atomic mass is 10.1. The summed E-state index contributed by atoms with van der Waals surface area (Å²) in [5.74, 6) is -0.734. The number of rotatable bonds is 4. The van der Waals surface area contributed by atoms with E-state index in [1.165, 1.54) is 22.2 Å². The number of anilines is 1. The lowest BCUT2D eigenvalue weighted by Crippen LogP contribution is -2.46. The molecule has 0 saturated carbocycles. The molecule has 1 atom stereocenters. The first-order valence-electron chi connectivity index (χ1n) is 7.64. The van der Waals surface area contributed by atoms with Crippen LogP contribution in [0.4, 0.5) is 5.69 Å². The summed E-state index contributed by atoms with van der Waals surface area (Å²) >= 11 is 1.52. The number of carbonyl (C=O) groups excluding carboxylic acids is 2. The van der Waals surface area contributed by atoms with Crippen molar-refractivity contribution >= 4 is 29.3 Å². The molecule has 2 aromatic rings. The van der Waals surface area contributed by atoms with Crippen molar-refractivity contribution in [1.29, 1.82) is 0 Å². The molecule has 0 aliphatic carbocycles. The zero-order chi connectivity index (χ0) is 17.1. The van der Waals surface area contributed by atoms with Crippen molar-refractivity contribution in [1.82, 2.24) is 5.48 Å². The fourth-order valence-electron chi connectivity index (χ4n) is 2.69. The molecule has 3 rings (SSSR count). The smallest absolute Gasteiger partial charge is 0.263 e. The summed E-state index contributed by atoms with van der Waals surface area (Å²) in [5, 5.41) is 8.49. The maximum Gasteiger partial charge on any atom is 0.263 e. The summed E-state index contributed by atoms with van der Waals surface area (Å²) in [7, 11) is 0. The van der Waals surface area contributed by atoms with E-state index in [4.69, 9.17) is 5.21 Å². The van der Waals surface area contributed by atoms with Crippen LogP contribution in [-0.4, -0.2) is 28.8 Å². The van der Waals surface area contributed by atoms with E-state index in [9.17, 15) is 9.59 Å². The Morgan fingerprint density at radius 1 is 1.21 bits per heavy atom. The number of hydroxylamine groups is 1. The molecule has 1 unspecified atom stereocenters. The molecule has 6 heteroatoms. The van der Waals surface area contributed by atoms with Gasteiger partial charge in [-0.15, -0.1) is 11.8 Å². The number of hydrogen-bond donors (Lipinski definition) is 2. The van der Waals surface area contributed by atoms with Gasteiger partial charge in [-0.2, -0.15) is 0 Å². The average Bonchev–Trinajstić information content (AvgIpc) is 2.60. The zero-order valence-corrected chi connectivity index (χ0v) is 14.0. The number of thioether (sulfide) groups is 1. The van der Waals surface area contributed by atoms with Crippen molar-refractivity contribution in [3.05, 3.63) is 59.7 Å². The molecular weight excluding hydrogens is 324 g/mol. The highest BCUT2D eigenvalue weighted by Gasteiger charge is 2.34. The third kappa shape index (κ3) is 3.44. The standard InChI is InChI=1S/C18H18N2O3S/c1-12-6-8-13(9-7-12)10-16-18(22)20(11-17(21)19-23)14-4-2-3-5-15(14)24-16/h2-9,16,23H,10-11H2,1H3,(H,19,21). The number of carbonyl (C=O) groups is 2. The highest BCUT2D eigenvalue weighted by Crippen LogP contribution is 2.40. The maximum atomic E-state index is 12.9. The van der Waals surface area contributed by atoms with Crippen molar-refractivity contribution in [2.45, 2.75) is 23.5 Å². The Morgan fingerprint density at radius 3 is 2.62 bits per heavy atom. The third-order valence-corrected chi connectivity index (χ3v) is 5.19. The Morgan fingerprint density at radius 2 is 1.92 bits per heavy atom. The second-order valence-corrected chi connectivity index (χ2v) is 6.97. The average molecular weight is 342 g/mol. The van der Waals surface area contributed by atoms with Crippen LogP contribution >= 0.6 is 11.8 Å². The Kier molecular flexibility index (Phi) is 4.87. The van der Waals surface area contributed by atoms with Crippen molar-refractivity contribution in [2.75, 3.05) is 11.4 Å². The van der Waals surface area contributed by atoms with Crippen molar-refractivity contribution in [2.24, 2.45) is 0 Å². The van der Waals surface area contributed by atoms with Gasteiger partial charge in [-0.3, -0.25) is 14.8 Å². The predicted molar refractivity (Wildman–Crippen MR) is 93.3 cm³/mol. The molecule has 1 heterocycles. The number of aryl methyl sites for hydroxylation is 1. The van der Waals surface area contributed by atoms with Crippen molar-refractivity contribution in [3.8, 4) is 0 Å². The fraction of sp³-hybridized carbons (Fsp3) is 0.222. The minimum absolute atomic E-state index is 0.122. The summed E-state index contributed by atoms with van der Waals surface area (Å²) in [6.45, 7) is 1.83. The van der Waals surface area contributed by atoms with E-state index in [1.54, 1.807) is 5.48 Å².